The van der Waals surface area contributed by atoms with Crippen LogP contribution in [0, 0.1) is 5.82 Å². The lowest BCUT2D eigenvalue weighted by Gasteiger charge is -2.27. The number of imidazole rings is 2. The molecule has 1 saturated heterocycles. The standard InChI is InChI=1S/C23H24ClFN6O2/c24-23-28-19(20-22(29-23)31(12-27-20)18-3-1-2-8-33-18)13-9-16(25)21-17(10-13)26-11-30(21)14-4-6-15(32)7-5-14/h9-12,14-15,18,32H,1-8H2. The summed E-state index contributed by atoms with van der Waals surface area (Å²) in [6.45, 7) is 0.695. The maximum absolute atomic E-state index is 15.4. The molecule has 1 aromatic carbocycles. The number of aromatic nitrogens is 6. The summed E-state index contributed by atoms with van der Waals surface area (Å²) >= 11 is 6.28. The van der Waals surface area contributed by atoms with Crippen LogP contribution in [-0.2, 0) is 4.74 Å². The van der Waals surface area contributed by atoms with Gasteiger partial charge in [0.2, 0.25) is 5.28 Å². The highest BCUT2D eigenvalue weighted by Gasteiger charge is 2.25. The summed E-state index contributed by atoms with van der Waals surface area (Å²) in [6, 6.07) is 3.41. The largest absolute Gasteiger partial charge is 0.393 e. The van der Waals surface area contributed by atoms with Gasteiger partial charge in [0.05, 0.1) is 24.3 Å². The molecule has 1 aliphatic carbocycles. The first-order valence-corrected chi connectivity index (χ1v) is 11.8. The molecule has 0 radical (unpaired) electrons. The van der Waals surface area contributed by atoms with Crippen molar-refractivity contribution in [2.45, 2.75) is 63.3 Å². The van der Waals surface area contributed by atoms with Gasteiger partial charge in [0.25, 0.3) is 0 Å². The minimum absolute atomic E-state index is 0.0712. The van der Waals surface area contributed by atoms with Crippen LogP contribution in [0.15, 0.2) is 24.8 Å². The van der Waals surface area contributed by atoms with Crippen molar-refractivity contribution in [3.8, 4) is 11.3 Å². The highest BCUT2D eigenvalue weighted by Crippen LogP contribution is 2.35. The van der Waals surface area contributed by atoms with E-state index in [-0.39, 0.29) is 29.5 Å². The highest BCUT2D eigenvalue weighted by atomic mass is 35.5. The number of hydrogen-bond acceptors (Lipinski definition) is 6. The van der Waals surface area contributed by atoms with Crippen molar-refractivity contribution >= 4 is 33.8 Å². The van der Waals surface area contributed by atoms with Gasteiger partial charge in [-0.25, -0.2) is 19.3 Å². The fraction of sp³-hybridized carbons (Fsp3) is 0.478. The molecule has 33 heavy (non-hydrogen) atoms. The average molecular weight is 471 g/mol. The molecular weight excluding hydrogens is 447 g/mol. The second kappa shape index (κ2) is 8.30. The zero-order valence-corrected chi connectivity index (χ0v) is 18.7. The first kappa shape index (κ1) is 20.9. The predicted molar refractivity (Wildman–Crippen MR) is 121 cm³/mol. The number of benzene rings is 1. The fourth-order valence-electron chi connectivity index (χ4n) is 5.12. The molecule has 4 heterocycles. The van der Waals surface area contributed by atoms with Crippen LogP contribution in [0.3, 0.4) is 0 Å². The third-order valence-electron chi connectivity index (χ3n) is 6.82. The van der Waals surface area contributed by atoms with Gasteiger partial charge in [0.15, 0.2) is 5.65 Å². The smallest absolute Gasteiger partial charge is 0.225 e. The maximum atomic E-state index is 15.4. The van der Waals surface area contributed by atoms with E-state index < -0.39 is 0 Å². The molecular formula is C23H24ClFN6O2. The Morgan fingerprint density at radius 3 is 2.61 bits per heavy atom. The van der Waals surface area contributed by atoms with Crippen molar-refractivity contribution in [1.29, 1.82) is 0 Å². The Bertz CT molecular complexity index is 1320. The minimum atomic E-state index is -0.371. The number of aliphatic hydroxyl groups is 1. The number of hydrogen-bond donors (Lipinski definition) is 1. The van der Waals surface area contributed by atoms with Gasteiger partial charge >= 0.3 is 0 Å². The summed E-state index contributed by atoms with van der Waals surface area (Å²) in [5.41, 5.74) is 3.16. The van der Waals surface area contributed by atoms with Gasteiger partial charge in [-0.1, -0.05) is 0 Å². The van der Waals surface area contributed by atoms with Crippen molar-refractivity contribution in [2.75, 3.05) is 6.61 Å². The summed E-state index contributed by atoms with van der Waals surface area (Å²) < 4.78 is 25.1. The monoisotopic (exact) mass is 470 g/mol. The SMILES string of the molecule is OC1CCC(n2cnc3cc(-c4nc(Cl)nc5c4ncn5C4CCCCO4)cc(F)c32)CC1. The van der Waals surface area contributed by atoms with Crippen LogP contribution in [-0.4, -0.2) is 46.9 Å². The molecule has 2 fully saturated rings. The summed E-state index contributed by atoms with van der Waals surface area (Å²) in [7, 11) is 0. The molecule has 1 N–H and O–H groups in total. The van der Waals surface area contributed by atoms with Crippen molar-refractivity contribution in [2.24, 2.45) is 0 Å². The van der Waals surface area contributed by atoms with E-state index in [4.69, 9.17) is 16.3 Å². The van der Waals surface area contributed by atoms with Crippen molar-refractivity contribution < 1.29 is 14.2 Å². The Hall–Kier alpha value is -2.62. The molecule has 2 aliphatic rings. The van der Waals surface area contributed by atoms with Gasteiger partial charge < -0.3 is 14.4 Å². The van der Waals surface area contributed by atoms with E-state index in [1.54, 1.807) is 12.7 Å². The van der Waals surface area contributed by atoms with E-state index >= 15 is 4.39 Å². The number of ether oxygens (including phenoxy) is 1. The molecule has 172 valence electrons. The van der Waals surface area contributed by atoms with Gasteiger partial charge in [-0.2, -0.15) is 4.98 Å². The number of rotatable bonds is 3. The molecule has 10 heteroatoms. The lowest BCUT2D eigenvalue weighted by molar-refractivity contribution is -0.0298. The molecule has 0 bridgehead atoms. The van der Waals surface area contributed by atoms with E-state index in [9.17, 15) is 5.11 Å². The molecule has 4 aromatic rings. The van der Waals surface area contributed by atoms with E-state index in [2.05, 4.69) is 19.9 Å². The first-order valence-electron chi connectivity index (χ1n) is 11.4. The summed E-state index contributed by atoms with van der Waals surface area (Å²) in [6.07, 6.45) is 8.99. The average Bonchev–Trinajstić information content (AvgIpc) is 3.44. The Labute approximate surface area is 194 Å². The Kier molecular flexibility index (Phi) is 5.27. The molecule has 6 rings (SSSR count). The van der Waals surface area contributed by atoms with Gasteiger partial charge in [-0.3, -0.25) is 4.57 Å². The number of nitrogens with zero attached hydrogens (tertiary/aromatic N) is 6. The second-order valence-electron chi connectivity index (χ2n) is 8.93. The van der Waals surface area contributed by atoms with Crippen LogP contribution >= 0.6 is 11.6 Å². The third kappa shape index (κ3) is 3.68. The van der Waals surface area contributed by atoms with E-state index in [0.29, 0.717) is 40.1 Å². The van der Waals surface area contributed by atoms with Crippen LogP contribution < -0.4 is 0 Å². The third-order valence-corrected chi connectivity index (χ3v) is 6.98. The van der Waals surface area contributed by atoms with Gasteiger partial charge in [-0.05, 0) is 68.7 Å². The van der Waals surface area contributed by atoms with Crippen LogP contribution in [0.4, 0.5) is 4.39 Å². The maximum Gasteiger partial charge on any atom is 0.225 e. The lowest BCUT2D eigenvalue weighted by Crippen LogP contribution is -2.20. The molecule has 1 unspecified atom stereocenters. The molecule has 0 spiro atoms. The van der Waals surface area contributed by atoms with Crippen LogP contribution in [0.2, 0.25) is 5.28 Å². The summed E-state index contributed by atoms with van der Waals surface area (Å²) in [5, 5.41) is 9.88. The van der Waals surface area contributed by atoms with Gasteiger partial charge in [0, 0.05) is 18.2 Å². The quantitative estimate of drug-likeness (QED) is 0.432. The van der Waals surface area contributed by atoms with Gasteiger partial charge in [-0.15, -0.1) is 0 Å². The topological polar surface area (TPSA) is 90.9 Å². The Morgan fingerprint density at radius 1 is 1.00 bits per heavy atom. The van der Waals surface area contributed by atoms with Crippen LogP contribution in [0.1, 0.15) is 57.2 Å². The Balaban J connectivity index is 1.43. The predicted octanol–water partition coefficient (Wildman–Crippen LogP) is 4.81. The Morgan fingerprint density at radius 2 is 1.82 bits per heavy atom. The van der Waals surface area contributed by atoms with Crippen molar-refractivity contribution in [3.05, 3.63) is 35.9 Å². The highest BCUT2D eigenvalue weighted by molar-refractivity contribution is 6.28. The second-order valence-corrected chi connectivity index (χ2v) is 9.26. The molecule has 1 atom stereocenters. The molecule has 1 aliphatic heterocycles. The lowest BCUT2D eigenvalue weighted by atomic mass is 9.93. The number of fused-ring (bicyclic) bond motifs is 2. The van der Waals surface area contributed by atoms with Gasteiger partial charge in [0.1, 0.15) is 28.8 Å². The van der Waals surface area contributed by atoms with E-state index in [0.717, 1.165) is 44.9 Å². The summed E-state index contributed by atoms with van der Waals surface area (Å²) in [5.74, 6) is -0.371. The zero-order valence-electron chi connectivity index (χ0n) is 18.0. The fourth-order valence-corrected chi connectivity index (χ4v) is 5.28. The molecule has 3 aromatic heterocycles. The first-order chi connectivity index (χ1) is 16.1. The van der Waals surface area contributed by atoms with Crippen LogP contribution in [0.25, 0.3) is 33.5 Å². The van der Waals surface area contributed by atoms with Crippen molar-refractivity contribution in [3.63, 3.8) is 0 Å². The summed E-state index contributed by atoms with van der Waals surface area (Å²) in [4.78, 5) is 17.8. The molecule has 1 saturated carbocycles. The zero-order chi connectivity index (χ0) is 22.5. The number of aliphatic hydroxyl groups excluding tert-OH is 1. The minimum Gasteiger partial charge on any atom is -0.393 e. The van der Waals surface area contributed by atoms with E-state index in [1.165, 1.54) is 6.07 Å². The molecule has 0 amide bonds. The van der Waals surface area contributed by atoms with E-state index in [1.807, 2.05) is 15.2 Å². The van der Waals surface area contributed by atoms with Crippen molar-refractivity contribution in [1.82, 2.24) is 29.1 Å². The normalized spacial score (nSPS) is 24.0. The molecule has 8 nitrogen and oxygen atoms in total. The van der Waals surface area contributed by atoms with Crippen LogP contribution in [0.5, 0.6) is 0 Å². The number of halogens is 2.